The molecule has 2 N–H and O–H groups in total. The molecule has 0 aliphatic carbocycles. The number of halogens is 3. The number of aliphatic imine (C=N–C) groups is 1. The van der Waals surface area contributed by atoms with E-state index in [1.54, 1.807) is 30.9 Å². The van der Waals surface area contributed by atoms with Gasteiger partial charge in [-0.25, -0.2) is 4.39 Å². The van der Waals surface area contributed by atoms with Crippen molar-refractivity contribution >= 4 is 41.7 Å². The Hall–Kier alpha value is -0.570. The van der Waals surface area contributed by atoms with Crippen molar-refractivity contribution < 1.29 is 8.78 Å². The minimum Gasteiger partial charge on any atom is -0.356 e. The highest BCUT2D eigenvalue weighted by atomic mass is 127. The normalized spacial score (nSPS) is 11.0. The number of hydrogen-bond donors (Lipinski definition) is 2. The summed E-state index contributed by atoms with van der Waals surface area (Å²) >= 11 is 1.65. The van der Waals surface area contributed by atoms with E-state index >= 15 is 0 Å². The molecule has 3 nitrogen and oxygen atoms in total. The van der Waals surface area contributed by atoms with Crippen LogP contribution in [0.4, 0.5) is 8.78 Å². The molecule has 1 rings (SSSR count). The van der Waals surface area contributed by atoms with Gasteiger partial charge in [-0.05, 0) is 35.9 Å². The lowest BCUT2D eigenvalue weighted by Gasteiger charge is -2.13. The summed E-state index contributed by atoms with van der Waals surface area (Å²) in [6, 6.07) is 4.80. The molecule has 7 heteroatoms. The van der Waals surface area contributed by atoms with E-state index in [-0.39, 0.29) is 36.5 Å². The van der Waals surface area contributed by atoms with Crippen LogP contribution in [0.1, 0.15) is 17.5 Å². The van der Waals surface area contributed by atoms with Gasteiger partial charge in [-0.2, -0.15) is 11.8 Å². The van der Waals surface area contributed by atoms with Crippen LogP contribution < -0.4 is 10.6 Å². The summed E-state index contributed by atoms with van der Waals surface area (Å²) in [4.78, 5) is 4.06. The average molecular weight is 429 g/mol. The molecule has 0 atom stereocenters. The fraction of sp³-hybridized carbons (Fsp3) is 0.500. The summed E-state index contributed by atoms with van der Waals surface area (Å²) in [7, 11) is 1.66. The summed E-state index contributed by atoms with van der Waals surface area (Å²) < 4.78 is 25.3. The first-order valence-electron chi connectivity index (χ1n) is 6.48. The molecule has 0 saturated heterocycles. The number of nitrogens with one attached hydrogen (secondary N) is 2. The van der Waals surface area contributed by atoms with Gasteiger partial charge in [0.1, 0.15) is 5.82 Å². The van der Waals surface area contributed by atoms with Crippen molar-refractivity contribution in [2.45, 2.75) is 18.7 Å². The van der Waals surface area contributed by atoms with Crippen LogP contribution >= 0.6 is 35.7 Å². The lowest BCUT2D eigenvalue weighted by atomic mass is 10.1. The van der Waals surface area contributed by atoms with E-state index in [0.29, 0.717) is 25.5 Å². The van der Waals surface area contributed by atoms with Crippen LogP contribution in [0.3, 0.4) is 0 Å². The monoisotopic (exact) mass is 429 g/mol. The van der Waals surface area contributed by atoms with Gasteiger partial charge in [0.2, 0.25) is 0 Å². The molecule has 21 heavy (non-hydrogen) atoms. The molecule has 0 bridgehead atoms. The fourth-order valence-corrected chi connectivity index (χ4v) is 2.31. The van der Waals surface area contributed by atoms with Crippen molar-refractivity contribution in [3.05, 3.63) is 35.1 Å². The van der Waals surface area contributed by atoms with Gasteiger partial charge in [0.15, 0.2) is 5.96 Å². The SMILES string of the molecule is CN=C(NCCCF)NCc1ccc(F)cc1CSC.I. The molecular weight excluding hydrogens is 407 g/mol. The van der Waals surface area contributed by atoms with Crippen molar-refractivity contribution in [3.8, 4) is 0 Å². The highest BCUT2D eigenvalue weighted by Crippen LogP contribution is 2.16. The zero-order valence-corrected chi connectivity index (χ0v) is 15.4. The van der Waals surface area contributed by atoms with E-state index < -0.39 is 0 Å². The smallest absolute Gasteiger partial charge is 0.191 e. The molecular formula is C14H22F2IN3S. The Bertz CT molecular complexity index is 444. The summed E-state index contributed by atoms with van der Waals surface area (Å²) in [5, 5.41) is 6.17. The van der Waals surface area contributed by atoms with Gasteiger partial charge in [-0.15, -0.1) is 24.0 Å². The summed E-state index contributed by atoms with van der Waals surface area (Å²) in [5.41, 5.74) is 2.01. The number of hydrogen-bond acceptors (Lipinski definition) is 2. The van der Waals surface area contributed by atoms with Crippen molar-refractivity contribution in [1.29, 1.82) is 0 Å². The summed E-state index contributed by atoms with van der Waals surface area (Å²) in [6.07, 6.45) is 2.44. The number of benzene rings is 1. The number of rotatable bonds is 7. The lowest BCUT2D eigenvalue weighted by Crippen LogP contribution is -2.37. The molecule has 1 aromatic rings. The van der Waals surface area contributed by atoms with E-state index in [1.807, 2.05) is 6.26 Å². The van der Waals surface area contributed by atoms with Gasteiger partial charge in [-0.1, -0.05) is 6.07 Å². The Balaban J connectivity index is 0.00000400. The third-order valence-electron chi connectivity index (χ3n) is 2.74. The average Bonchev–Trinajstić information content (AvgIpc) is 2.44. The predicted octanol–water partition coefficient (Wildman–Crippen LogP) is 3.33. The maximum atomic E-state index is 13.2. The second-order valence-corrected chi connectivity index (χ2v) is 5.11. The molecule has 0 amide bonds. The molecule has 0 aliphatic rings. The second-order valence-electron chi connectivity index (χ2n) is 4.24. The van der Waals surface area contributed by atoms with Crippen LogP contribution in [-0.2, 0) is 12.3 Å². The lowest BCUT2D eigenvalue weighted by molar-refractivity contribution is 0.470. The molecule has 0 heterocycles. The van der Waals surface area contributed by atoms with Crippen LogP contribution in [0, 0.1) is 5.82 Å². The van der Waals surface area contributed by atoms with Gasteiger partial charge < -0.3 is 10.6 Å². The van der Waals surface area contributed by atoms with Crippen molar-refractivity contribution in [1.82, 2.24) is 10.6 Å². The number of nitrogens with zero attached hydrogens (tertiary/aromatic N) is 1. The molecule has 0 radical (unpaired) electrons. The van der Waals surface area contributed by atoms with Crippen LogP contribution in [0.2, 0.25) is 0 Å². The predicted molar refractivity (Wildman–Crippen MR) is 97.8 cm³/mol. The van der Waals surface area contributed by atoms with Gasteiger partial charge >= 0.3 is 0 Å². The van der Waals surface area contributed by atoms with Crippen LogP contribution in [0.5, 0.6) is 0 Å². The molecule has 0 saturated carbocycles. The van der Waals surface area contributed by atoms with Gasteiger partial charge in [0.25, 0.3) is 0 Å². The first-order valence-corrected chi connectivity index (χ1v) is 7.87. The number of thioether (sulfide) groups is 1. The molecule has 0 aliphatic heterocycles. The van der Waals surface area contributed by atoms with Crippen LogP contribution in [0.15, 0.2) is 23.2 Å². The Morgan fingerprint density at radius 2 is 2.05 bits per heavy atom. The standard InChI is InChI=1S/C14H21F2N3S.HI/c1-17-14(18-7-3-6-15)19-9-11-4-5-13(16)8-12(11)10-20-2;/h4-5,8H,3,6-7,9-10H2,1-2H3,(H2,17,18,19);1H. The quantitative estimate of drug-likeness (QED) is 0.302. The fourth-order valence-electron chi connectivity index (χ4n) is 1.73. The molecule has 1 aromatic carbocycles. The van der Waals surface area contributed by atoms with Crippen molar-refractivity contribution in [3.63, 3.8) is 0 Å². The second kappa shape index (κ2) is 12.0. The maximum Gasteiger partial charge on any atom is 0.191 e. The Morgan fingerprint density at radius 1 is 1.29 bits per heavy atom. The largest absolute Gasteiger partial charge is 0.356 e. The van der Waals surface area contributed by atoms with E-state index in [4.69, 9.17) is 0 Å². The third-order valence-corrected chi connectivity index (χ3v) is 3.34. The zero-order valence-electron chi connectivity index (χ0n) is 12.3. The van der Waals surface area contributed by atoms with Crippen LogP contribution in [0.25, 0.3) is 0 Å². The van der Waals surface area contributed by atoms with E-state index in [9.17, 15) is 8.78 Å². The van der Waals surface area contributed by atoms with Gasteiger partial charge in [-0.3, -0.25) is 9.38 Å². The molecule has 0 unspecified atom stereocenters. The summed E-state index contributed by atoms with van der Waals surface area (Å²) in [5.74, 6) is 1.17. The summed E-state index contributed by atoms with van der Waals surface area (Å²) in [6.45, 7) is 0.753. The minimum absolute atomic E-state index is 0. The Labute approximate surface area is 146 Å². The number of guanidine groups is 1. The van der Waals surface area contributed by atoms with Crippen molar-refractivity contribution in [2.24, 2.45) is 4.99 Å². The topological polar surface area (TPSA) is 36.4 Å². The van der Waals surface area contributed by atoms with Crippen molar-refractivity contribution in [2.75, 3.05) is 26.5 Å². The maximum absolute atomic E-state index is 13.2. The Kier molecular flexibility index (Phi) is 11.7. The van der Waals surface area contributed by atoms with Gasteiger partial charge in [0.05, 0.1) is 6.67 Å². The molecule has 0 aromatic heterocycles. The van der Waals surface area contributed by atoms with Gasteiger partial charge in [0, 0.05) is 25.9 Å². The van der Waals surface area contributed by atoms with E-state index in [1.165, 1.54) is 6.07 Å². The minimum atomic E-state index is -0.347. The molecule has 0 fully saturated rings. The van der Waals surface area contributed by atoms with E-state index in [2.05, 4.69) is 15.6 Å². The van der Waals surface area contributed by atoms with Crippen LogP contribution in [-0.4, -0.2) is 32.5 Å². The number of alkyl halides is 1. The Morgan fingerprint density at radius 3 is 2.67 bits per heavy atom. The first-order chi connectivity index (χ1) is 9.71. The molecule has 120 valence electrons. The first kappa shape index (κ1) is 20.4. The zero-order chi connectivity index (χ0) is 14.8. The highest BCUT2D eigenvalue weighted by Gasteiger charge is 2.05. The molecule has 0 spiro atoms. The third kappa shape index (κ3) is 7.85. The van der Waals surface area contributed by atoms with E-state index in [0.717, 1.165) is 16.9 Å². The highest BCUT2D eigenvalue weighted by molar-refractivity contribution is 14.0.